The number of hydrogen-bond acceptors (Lipinski definition) is 2. The van der Waals surface area contributed by atoms with Gasteiger partial charge in [-0.2, -0.15) is 0 Å². The molecule has 0 aliphatic heterocycles. The van der Waals surface area contributed by atoms with Crippen LogP contribution in [0.25, 0.3) is 5.57 Å². The third kappa shape index (κ3) is 3.26. The van der Waals surface area contributed by atoms with Crippen molar-refractivity contribution >= 4 is 5.57 Å². The van der Waals surface area contributed by atoms with Gasteiger partial charge in [-0.15, -0.1) is 0 Å². The smallest absolute Gasteiger partial charge is 0.0662 e. The number of aromatic nitrogens is 1. The summed E-state index contributed by atoms with van der Waals surface area (Å²) in [7, 11) is 0. The molecule has 2 aromatic rings. The molecule has 0 unspecified atom stereocenters. The second kappa shape index (κ2) is 5.97. The maximum atomic E-state index is 9.07. The van der Waals surface area contributed by atoms with Crippen LogP contribution in [0.3, 0.4) is 0 Å². The lowest BCUT2D eigenvalue weighted by molar-refractivity contribution is 0.343. The summed E-state index contributed by atoms with van der Waals surface area (Å²) in [5.41, 5.74) is 3.20. The average Bonchev–Trinajstić information content (AvgIpc) is 2.40. The van der Waals surface area contributed by atoms with E-state index in [4.69, 9.17) is 5.11 Å². The Hall–Kier alpha value is -1.93. The van der Waals surface area contributed by atoms with Crippen LogP contribution in [-0.2, 0) is 6.42 Å². The minimum absolute atomic E-state index is 0.0404. The normalized spacial score (nSPS) is 11.5. The first-order valence-electron chi connectivity index (χ1n) is 5.65. The van der Waals surface area contributed by atoms with Crippen molar-refractivity contribution in [2.75, 3.05) is 6.61 Å². The molecule has 86 valence electrons. The third-order valence-electron chi connectivity index (χ3n) is 2.57. The molecule has 0 amide bonds. The Morgan fingerprint density at radius 2 is 1.82 bits per heavy atom. The van der Waals surface area contributed by atoms with Gasteiger partial charge in [-0.3, -0.25) is 4.98 Å². The lowest BCUT2D eigenvalue weighted by atomic mass is 10.0. The fourth-order valence-corrected chi connectivity index (χ4v) is 1.75. The van der Waals surface area contributed by atoms with E-state index >= 15 is 0 Å². The molecule has 1 N–H and O–H groups in total. The molecule has 0 spiro atoms. The molecule has 0 atom stereocenters. The zero-order valence-electron chi connectivity index (χ0n) is 9.58. The Morgan fingerprint density at radius 3 is 2.47 bits per heavy atom. The van der Waals surface area contributed by atoms with Crippen LogP contribution in [0.5, 0.6) is 0 Å². The van der Waals surface area contributed by atoms with Crippen molar-refractivity contribution in [1.82, 2.24) is 4.98 Å². The van der Waals surface area contributed by atoms with Gasteiger partial charge in [-0.1, -0.05) is 42.5 Å². The fourth-order valence-electron chi connectivity index (χ4n) is 1.75. The molecule has 2 nitrogen and oxygen atoms in total. The third-order valence-corrected chi connectivity index (χ3v) is 2.57. The van der Waals surface area contributed by atoms with Crippen LogP contribution in [0, 0.1) is 0 Å². The molecule has 1 aromatic carbocycles. The van der Waals surface area contributed by atoms with E-state index in [9.17, 15) is 0 Å². The minimum Gasteiger partial charge on any atom is -0.392 e. The van der Waals surface area contributed by atoms with E-state index in [2.05, 4.69) is 17.1 Å². The summed E-state index contributed by atoms with van der Waals surface area (Å²) < 4.78 is 0. The van der Waals surface area contributed by atoms with Gasteiger partial charge in [0.25, 0.3) is 0 Å². The van der Waals surface area contributed by atoms with Crippen LogP contribution in [0.1, 0.15) is 11.3 Å². The molecule has 2 rings (SSSR count). The van der Waals surface area contributed by atoms with Crippen LogP contribution >= 0.6 is 0 Å². The van der Waals surface area contributed by atoms with E-state index in [0.717, 1.165) is 17.7 Å². The molecule has 2 heteroatoms. The van der Waals surface area contributed by atoms with Crippen molar-refractivity contribution in [1.29, 1.82) is 0 Å². The molecule has 0 saturated carbocycles. The summed E-state index contributed by atoms with van der Waals surface area (Å²) in [5, 5.41) is 9.07. The van der Waals surface area contributed by atoms with Crippen LogP contribution < -0.4 is 0 Å². The van der Waals surface area contributed by atoms with E-state index in [1.165, 1.54) is 5.56 Å². The fraction of sp³-hybridized carbons (Fsp3) is 0.133. The monoisotopic (exact) mass is 225 g/mol. The topological polar surface area (TPSA) is 33.1 Å². The first-order chi connectivity index (χ1) is 8.40. The Labute approximate surface area is 101 Å². The molecule has 0 fully saturated rings. The number of allylic oxidation sites excluding steroid dienone is 1. The predicted molar refractivity (Wildman–Crippen MR) is 69.4 cm³/mol. The van der Waals surface area contributed by atoms with E-state index in [0.29, 0.717) is 0 Å². The molecule has 0 aliphatic rings. The predicted octanol–water partition coefficient (Wildman–Crippen LogP) is 2.70. The van der Waals surface area contributed by atoms with Gasteiger partial charge >= 0.3 is 0 Å². The summed E-state index contributed by atoms with van der Waals surface area (Å²) >= 11 is 0. The number of rotatable bonds is 4. The summed E-state index contributed by atoms with van der Waals surface area (Å²) in [5.74, 6) is 0. The number of aliphatic hydroxyl groups is 1. The molecule has 1 aromatic heterocycles. The van der Waals surface area contributed by atoms with E-state index in [1.54, 1.807) is 6.20 Å². The standard InChI is InChI=1S/C15H15NO/c17-11-9-14(15-8-4-5-10-16-15)12-13-6-2-1-3-7-13/h1-10,17H,11-12H2. The Balaban J connectivity index is 2.23. The zero-order valence-corrected chi connectivity index (χ0v) is 9.58. The van der Waals surface area contributed by atoms with Gasteiger partial charge in [0.2, 0.25) is 0 Å². The van der Waals surface area contributed by atoms with Crippen LogP contribution in [0.2, 0.25) is 0 Å². The van der Waals surface area contributed by atoms with E-state index in [1.807, 2.05) is 42.5 Å². The largest absolute Gasteiger partial charge is 0.392 e. The minimum atomic E-state index is 0.0404. The lowest BCUT2D eigenvalue weighted by Crippen LogP contribution is -1.94. The van der Waals surface area contributed by atoms with Gasteiger partial charge in [0, 0.05) is 6.20 Å². The summed E-state index contributed by atoms with van der Waals surface area (Å²) in [6, 6.07) is 16.0. The zero-order chi connectivity index (χ0) is 11.9. The van der Waals surface area contributed by atoms with Gasteiger partial charge < -0.3 is 5.11 Å². The van der Waals surface area contributed by atoms with Crippen molar-refractivity contribution in [2.24, 2.45) is 0 Å². The molecule has 17 heavy (non-hydrogen) atoms. The average molecular weight is 225 g/mol. The number of nitrogens with zero attached hydrogens (tertiary/aromatic N) is 1. The van der Waals surface area contributed by atoms with Crippen LogP contribution in [-0.4, -0.2) is 16.7 Å². The second-order valence-corrected chi connectivity index (χ2v) is 3.79. The van der Waals surface area contributed by atoms with Gasteiger partial charge in [-0.05, 0) is 29.7 Å². The number of aliphatic hydroxyl groups excluding tert-OH is 1. The highest BCUT2D eigenvalue weighted by atomic mass is 16.2. The highest BCUT2D eigenvalue weighted by molar-refractivity contribution is 5.64. The van der Waals surface area contributed by atoms with E-state index in [-0.39, 0.29) is 6.61 Å². The number of hydrogen-bond donors (Lipinski definition) is 1. The molecule has 1 heterocycles. The highest BCUT2D eigenvalue weighted by Gasteiger charge is 2.03. The van der Waals surface area contributed by atoms with Crippen molar-refractivity contribution in [3.63, 3.8) is 0 Å². The van der Waals surface area contributed by atoms with Gasteiger partial charge in [0.05, 0.1) is 12.3 Å². The first-order valence-corrected chi connectivity index (χ1v) is 5.65. The Bertz CT molecular complexity index is 477. The van der Waals surface area contributed by atoms with Crippen molar-refractivity contribution < 1.29 is 5.11 Å². The van der Waals surface area contributed by atoms with Crippen LogP contribution in [0.4, 0.5) is 0 Å². The second-order valence-electron chi connectivity index (χ2n) is 3.79. The van der Waals surface area contributed by atoms with Crippen molar-refractivity contribution in [3.8, 4) is 0 Å². The quantitative estimate of drug-likeness (QED) is 0.867. The highest BCUT2D eigenvalue weighted by Crippen LogP contribution is 2.17. The molecule has 0 radical (unpaired) electrons. The maximum absolute atomic E-state index is 9.07. The van der Waals surface area contributed by atoms with Crippen molar-refractivity contribution in [3.05, 3.63) is 72.1 Å². The first kappa shape index (κ1) is 11.6. The summed E-state index contributed by atoms with van der Waals surface area (Å²) in [6.07, 6.45) is 4.37. The molecular formula is C15H15NO. The van der Waals surface area contributed by atoms with E-state index < -0.39 is 0 Å². The SMILES string of the molecule is OCC=C(Cc1ccccc1)c1ccccn1. The molecule has 0 saturated heterocycles. The number of pyridine rings is 1. The van der Waals surface area contributed by atoms with Gasteiger partial charge in [0.1, 0.15) is 0 Å². The van der Waals surface area contributed by atoms with Crippen molar-refractivity contribution in [2.45, 2.75) is 6.42 Å². The Morgan fingerprint density at radius 1 is 1.06 bits per heavy atom. The summed E-state index contributed by atoms with van der Waals surface area (Å²) in [6.45, 7) is 0.0404. The lowest BCUT2D eigenvalue weighted by Gasteiger charge is -2.06. The number of benzene rings is 1. The molecular weight excluding hydrogens is 210 g/mol. The van der Waals surface area contributed by atoms with Gasteiger partial charge in [-0.25, -0.2) is 0 Å². The molecule has 0 bridgehead atoms. The Kier molecular flexibility index (Phi) is 4.05. The van der Waals surface area contributed by atoms with Crippen LogP contribution in [0.15, 0.2) is 60.8 Å². The maximum Gasteiger partial charge on any atom is 0.0662 e. The van der Waals surface area contributed by atoms with Gasteiger partial charge in [0.15, 0.2) is 0 Å². The summed E-state index contributed by atoms with van der Waals surface area (Å²) in [4.78, 5) is 4.31. The molecule has 0 aliphatic carbocycles.